The molecule has 0 bridgehead atoms. The van der Waals surface area contributed by atoms with Gasteiger partial charge in [-0.25, -0.2) is 9.18 Å². The highest BCUT2D eigenvalue weighted by Gasteiger charge is 2.37. The Bertz CT molecular complexity index is 2270. The number of fused-ring (bicyclic) bond motifs is 4. The summed E-state index contributed by atoms with van der Waals surface area (Å²) < 4.78 is 25.3. The van der Waals surface area contributed by atoms with E-state index in [9.17, 15) is 19.1 Å². The first-order valence-corrected chi connectivity index (χ1v) is 16.2. The van der Waals surface area contributed by atoms with E-state index in [0.717, 1.165) is 44.5 Å². The predicted octanol–water partition coefficient (Wildman–Crippen LogP) is 7.87. The summed E-state index contributed by atoms with van der Waals surface area (Å²) in [5, 5.41) is 16.6. The molecule has 0 unspecified atom stereocenters. The Labute approximate surface area is 281 Å². The second-order valence-electron chi connectivity index (χ2n) is 12.5. The monoisotopic (exact) mass is 667 g/mol. The van der Waals surface area contributed by atoms with Gasteiger partial charge in [0.25, 0.3) is 5.91 Å². The first kappa shape index (κ1) is 31.5. The maximum atomic E-state index is 14.8. The number of halogens is 2. The number of hydrogen-bond donors (Lipinski definition) is 1. The van der Waals surface area contributed by atoms with Crippen LogP contribution in [-0.4, -0.2) is 49.0 Å². The molecule has 1 atom stereocenters. The van der Waals surface area contributed by atoms with Crippen LogP contribution >= 0.6 is 11.6 Å². The Morgan fingerprint density at radius 3 is 2.50 bits per heavy atom. The summed E-state index contributed by atoms with van der Waals surface area (Å²) in [6.07, 6.45) is 3.03. The van der Waals surface area contributed by atoms with Crippen molar-refractivity contribution in [1.82, 2.24) is 18.9 Å². The number of aryl methyl sites for hydroxylation is 4. The van der Waals surface area contributed by atoms with Crippen LogP contribution in [0, 0.1) is 19.7 Å². The quantitative estimate of drug-likeness (QED) is 0.167. The number of carboxylic acids is 1. The van der Waals surface area contributed by atoms with Crippen molar-refractivity contribution in [1.29, 1.82) is 0 Å². The molecular weight excluding hydrogens is 633 g/mol. The number of amides is 1. The fourth-order valence-corrected chi connectivity index (χ4v) is 7.44. The van der Waals surface area contributed by atoms with E-state index < -0.39 is 5.97 Å². The summed E-state index contributed by atoms with van der Waals surface area (Å²) in [6.45, 7) is 6.81. The molecule has 9 nitrogen and oxygen atoms in total. The van der Waals surface area contributed by atoms with Crippen molar-refractivity contribution in [3.63, 3.8) is 0 Å². The van der Waals surface area contributed by atoms with Gasteiger partial charge in [-0.1, -0.05) is 17.7 Å². The maximum absolute atomic E-state index is 14.8. The molecule has 11 heteroatoms. The normalized spacial score (nSPS) is 14.7. The molecule has 0 aliphatic carbocycles. The average molecular weight is 668 g/mol. The van der Waals surface area contributed by atoms with Crippen LogP contribution in [0.15, 0.2) is 60.8 Å². The smallest absolute Gasteiger partial charge is 0.335 e. The molecule has 0 saturated heterocycles. The summed E-state index contributed by atoms with van der Waals surface area (Å²) in [5.41, 5.74) is 7.58. The molecule has 4 heterocycles. The lowest BCUT2D eigenvalue weighted by atomic mass is 9.98. The summed E-state index contributed by atoms with van der Waals surface area (Å²) >= 11 is 7.02. The van der Waals surface area contributed by atoms with Crippen molar-refractivity contribution < 1.29 is 23.8 Å². The topological polar surface area (TPSA) is 94.5 Å². The molecule has 246 valence electrons. The third-order valence-electron chi connectivity index (χ3n) is 9.47. The lowest BCUT2D eigenvalue weighted by Crippen LogP contribution is -2.42. The van der Waals surface area contributed by atoms with Gasteiger partial charge >= 0.3 is 5.97 Å². The van der Waals surface area contributed by atoms with Crippen LogP contribution in [-0.2, 0) is 20.5 Å². The van der Waals surface area contributed by atoms with Crippen LogP contribution in [0.2, 0.25) is 5.02 Å². The van der Waals surface area contributed by atoms with E-state index in [0.29, 0.717) is 53.5 Å². The predicted molar refractivity (Wildman–Crippen MR) is 185 cm³/mol. The lowest BCUT2D eigenvalue weighted by Gasteiger charge is -2.34. The summed E-state index contributed by atoms with van der Waals surface area (Å²) in [5.74, 6) is -0.955. The molecule has 7 rings (SSSR count). The largest absolute Gasteiger partial charge is 0.494 e. The van der Waals surface area contributed by atoms with Gasteiger partial charge in [0, 0.05) is 66.0 Å². The molecule has 3 aromatic heterocycles. The van der Waals surface area contributed by atoms with Gasteiger partial charge in [-0.05, 0) is 87.7 Å². The van der Waals surface area contributed by atoms with Crippen LogP contribution in [0.25, 0.3) is 32.9 Å². The molecule has 1 aliphatic rings. The Hall–Kier alpha value is -5.09. The van der Waals surface area contributed by atoms with Crippen molar-refractivity contribution >= 4 is 51.0 Å². The fourth-order valence-electron chi connectivity index (χ4n) is 7.20. The van der Waals surface area contributed by atoms with Crippen molar-refractivity contribution in [2.45, 2.75) is 39.7 Å². The highest BCUT2D eigenvalue weighted by atomic mass is 35.5. The number of aromatic nitrogens is 4. The molecule has 0 spiro atoms. The zero-order chi connectivity index (χ0) is 34.0. The minimum absolute atomic E-state index is 0.156. The van der Waals surface area contributed by atoms with E-state index >= 15 is 0 Å². The number of carbonyl (C=O) groups excluding carboxylic acids is 1. The van der Waals surface area contributed by atoms with Gasteiger partial charge in [-0.15, -0.1) is 0 Å². The van der Waals surface area contributed by atoms with Crippen molar-refractivity contribution in [3.8, 4) is 16.9 Å². The molecule has 1 amide bonds. The SMILES string of the molecule is Cc1nn(C)c(C)c1-c1c(Cl)ccc2c(CCCOc3ccc(F)cc3)c3n(c12)[C@H](C)CN(c1cn(C)c2ccc(C(=O)O)cc12)C3=O. The van der Waals surface area contributed by atoms with Gasteiger partial charge in [0.2, 0.25) is 0 Å². The van der Waals surface area contributed by atoms with E-state index in [4.69, 9.17) is 16.3 Å². The van der Waals surface area contributed by atoms with E-state index in [1.54, 1.807) is 35.2 Å². The van der Waals surface area contributed by atoms with Gasteiger partial charge in [-0.3, -0.25) is 9.48 Å². The van der Waals surface area contributed by atoms with Crippen molar-refractivity contribution in [3.05, 3.63) is 99.8 Å². The molecule has 1 aliphatic heterocycles. The number of nitrogens with zero attached hydrogens (tertiary/aromatic N) is 5. The summed E-state index contributed by atoms with van der Waals surface area (Å²) in [7, 11) is 3.80. The molecule has 0 fully saturated rings. The molecular formula is C37H35ClFN5O4. The van der Waals surface area contributed by atoms with Gasteiger partial charge in [0.1, 0.15) is 17.3 Å². The lowest BCUT2D eigenvalue weighted by molar-refractivity contribution is 0.0696. The highest BCUT2D eigenvalue weighted by molar-refractivity contribution is 6.35. The number of aromatic carboxylic acids is 1. The van der Waals surface area contributed by atoms with Crippen LogP contribution in [0.3, 0.4) is 0 Å². The summed E-state index contributed by atoms with van der Waals surface area (Å²) in [6, 6.07) is 14.6. The molecule has 1 N–H and O–H groups in total. The zero-order valence-electron chi connectivity index (χ0n) is 27.3. The Kier molecular flexibility index (Phi) is 7.78. The first-order valence-electron chi connectivity index (χ1n) is 15.8. The third-order valence-corrected chi connectivity index (χ3v) is 9.79. The van der Waals surface area contributed by atoms with E-state index in [1.807, 2.05) is 55.5 Å². The van der Waals surface area contributed by atoms with Gasteiger partial charge < -0.3 is 23.9 Å². The minimum atomic E-state index is -1.03. The minimum Gasteiger partial charge on any atom is -0.494 e. The van der Waals surface area contributed by atoms with Crippen LogP contribution in [0.1, 0.15) is 57.2 Å². The van der Waals surface area contributed by atoms with Crippen molar-refractivity contribution in [2.75, 3.05) is 18.1 Å². The number of benzene rings is 3. The standard InChI is InChI=1S/C37H35ClFN5O4/c1-20-18-43(31-19-41(4)30-15-8-23(37(46)47)17-28(30)31)36(45)35-26(7-6-16-48-25-11-9-24(39)10-12-25)27-13-14-29(38)33(34(27)44(20)35)32-21(2)40-42(5)22(32)3/h8-15,17,19-20H,6-7,16,18H2,1-5H3,(H,46,47)/t20-/m1/s1. The second kappa shape index (κ2) is 11.9. The van der Waals surface area contributed by atoms with Gasteiger partial charge in [0.15, 0.2) is 0 Å². The van der Waals surface area contributed by atoms with Crippen LogP contribution < -0.4 is 9.64 Å². The summed E-state index contributed by atoms with van der Waals surface area (Å²) in [4.78, 5) is 28.5. The van der Waals surface area contributed by atoms with E-state index in [2.05, 4.69) is 16.6 Å². The molecule has 0 saturated carbocycles. The molecule has 48 heavy (non-hydrogen) atoms. The molecule has 6 aromatic rings. The van der Waals surface area contributed by atoms with E-state index in [-0.39, 0.29) is 23.3 Å². The van der Waals surface area contributed by atoms with Gasteiger partial charge in [-0.2, -0.15) is 5.10 Å². The Morgan fingerprint density at radius 1 is 1.06 bits per heavy atom. The van der Waals surface area contributed by atoms with Crippen LogP contribution in [0.4, 0.5) is 10.1 Å². The third kappa shape index (κ3) is 5.02. The number of rotatable bonds is 8. The Morgan fingerprint density at radius 2 is 1.81 bits per heavy atom. The fraction of sp³-hybridized carbons (Fsp3) is 0.270. The van der Waals surface area contributed by atoms with E-state index in [1.165, 1.54) is 12.1 Å². The van der Waals surface area contributed by atoms with Crippen molar-refractivity contribution in [2.24, 2.45) is 14.1 Å². The zero-order valence-corrected chi connectivity index (χ0v) is 28.1. The number of ether oxygens (including phenoxy) is 1. The molecule has 3 aromatic carbocycles. The highest BCUT2D eigenvalue weighted by Crippen LogP contribution is 2.45. The number of carbonyl (C=O) groups is 2. The number of hydrogen-bond acceptors (Lipinski definition) is 4. The first-order chi connectivity index (χ1) is 23.0. The van der Waals surface area contributed by atoms with Gasteiger partial charge in [0.05, 0.1) is 34.1 Å². The van der Waals surface area contributed by atoms with Crippen LogP contribution in [0.5, 0.6) is 5.75 Å². The average Bonchev–Trinajstić information content (AvgIpc) is 3.66. The Balaban J connectivity index is 1.39. The molecule has 0 radical (unpaired) electrons. The number of carboxylic acid groups (broad SMARTS) is 1. The second-order valence-corrected chi connectivity index (χ2v) is 12.9. The maximum Gasteiger partial charge on any atom is 0.335 e. The number of anilines is 1.